The minimum absolute atomic E-state index is 0. The molecule has 1 saturated heterocycles. The van der Waals surface area contributed by atoms with Crippen LogP contribution in [-0.2, 0) is 11.2 Å². The second kappa shape index (κ2) is 6.59. The Balaban J connectivity index is 0.00000147. The number of carbonyl (C=O) groups is 1. The first-order chi connectivity index (χ1) is 9.24. The van der Waals surface area contributed by atoms with E-state index in [1.165, 1.54) is 12.8 Å². The first-order valence-electron chi connectivity index (χ1n) is 7.31. The molecule has 2 fully saturated rings. The van der Waals surface area contributed by atoms with E-state index >= 15 is 0 Å². The van der Waals surface area contributed by atoms with Gasteiger partial charge in [-0.05, 0) is 30.2 Å². The largest absolute Gasteiger partial charge is 0.342 e. The monoisotopic (exact) mass is 294 g/mol. The number of amides is 1. The summed E-state index contributed by atoms with van der Waals surface area (Å²) in [5.41, 5.74) is 7.30. The van der Waals surface area contributed by atoms with E-state index in [4.69, 9.17) is 5.73 Å². The lowest BCUT2D eigenvalue weighted by Gasteiger charge is -2.29. The molecule has 0 spiro atoms. The number of nitrogens with two attached hydrogens (primary N) is 1. The standard InChI is InChI=1S/C16H22N2O.ClH/c17-15-8-4-7-13-10-18(11-14(13)15)16(19)9-12-5-2-1-3-6-12;/h1-3,5-6,13-15H,4,7-11,17H2;1H. The van der Waals surface area contributed by atoms with Crippen molar-refractivity contribution in [2.75, 3.05) is 13.1 Å². The number of fused-ring (bicyclic) bond motifs is 1. The summed E-state index contributed by atoms with van der Waals surface area (Å²) in [5.74, 6) is 1.43. The SMILES string of the molecule is Cl.NC1CCCC2CN(C(=O)Cc3ccccc3)CC12. The van der Waals surface area contributed by atoms with Crippen LogP contribution in [0.1, 0.15) is 24.8 Å². The Hall–Kier alpha value is -1.06. The van der Waals surface area contributed by atoms with Crippen LogP contribution in [0, 0.1) is 11.8 Å². The van der Waals surface area contributed by atoms with Crippen LogP contribution in [0.2, 0.25) is 0 Å². The van der Waals surface area contributed by atoms with Gasteiger partial charge in [0.15, 0.2) is 0 Å². The summed E-state index contributed by atoms with van der Waals surface area (Å²) >= 11 is 0. The topological polar surface area (TPSA) is 46.3 Å². The summed E-state index contributed by atoms with van der Waals surface area (Å²) in [4.78, 5) is 14.4. The number of benzene rings is 1. The minimum atomic E-state index is 0. The van der Waals surface area contributed by atoms with Gasteiger partial charge in [-0.1, -0.05) is 36.8 Å². The van der Waals surface area contributed by atoms with Crippen LogP contribution in [0.4, 0.5) is 0 Å². The molecule has 1 amide bonds. The number of nitrogens with zero attached hydrogens (tertiary/aromatic N) is 1. The lowest BCUT2D eigenvalue weighted by molar-refractivity contribution is -0.129. The van der Waals surface area contributed by atoms with Gasteiger partial charge in [-0.3, -0.25) is 4.79 Å². The van der Waals surface area contributed by atoms with E-state index in [-0.39, 0.29) is 18.3 Å². The van der Waals surface area contributed by atoms with Gasteiger partial charge in [0.2, 0.25) is 5.91 Å². The number of carbonyl (C=O) groups excluding carboxylic acids is 1. The van der Waals surface area contributed by atoms with E-state index in [9.17, 15) is 4.79 Å². The highest BCUT2D eigenvalue weighted by atomic mass is 35.5. The summed E-state index contributed by atoms with van der Waals surface area (Å²) < 4.78 is 0. The van der Waals surface area contributed by atoms with Gasteiger partial charge in [0.05, 0.1) is 6.42 Å². The molecule has 0 radical (unpaired) electrons. The summed E-state index contributed by atoms with van der Waals surface area (Å²) in [6.45, 7) is 1.79. The molecule has 110 valence electrons. The summed E-state index contributed by atoms with van der Waals surface area (Å²) in [7, 11) is 0. The van der Waals surface area contributed by atoms with E-state index < -0.39 is 0 Å². The van der Waals surface area contributed by atoms with Crippen LogP contribution in [0.5, 0.6) is 0 Å². The average Bonchev–Trinajstić information content (AvgIpc) is 2.85. The molecule has 3 atom stereocenters. The molecule has 20 heavy (non-hydrogen) atoms. The molecule has 3 unspecified atom stereocenters. The maximum absolute atomic E-state index is 12.3. The Morgan fingerprint density at radius 3 is 2.65 bits per heavy atom. The van der Waals surface area contributed by atoms with Gasteiger partial charge in [-0.2, -0.15) is 0 Å². The Kier molecular flexibility index (Phi) is 5.06. The Morgan fingerprint density at radius 1 is 1.20 bits per heavy atom. The third kappa shape index (κ3) is 3.15. The lowest BCUT2D eigenvalue weighted by Crippen LogP contribution is -2.38. The molecule has 3 rings (SSSR count). The molecule has 1 aromatic carbocycles. The number of rotatable bonds is 2. The molecule has 1 aliphatic carbocycles. The second-order valence-corrected chi connectivity index (χ2v) is 5.98. The summed E-state index contributed by atoms with van der Waals surface area (Å²) in [6, 6.07) is 10.3. The number of halogens is 1. The third-order valence-electron chi connectivity index (χ3n) is 4.70. The molecule has 4 heteroatoms. The van der Waals surface area contributed by atoms with Crippen LogP contribution < -0.4 is 5.73 Å². The predicted molar refractivity (Wildman–Crippen MR) is 82.8 cm³/mol. The Bertz CT molecular complexity index is 451. The van der Waals surface area contributed by atoms with Gasteiger partial charge < -0.3 is 10.6 Å². The van der Waals surface area contributed by atoms with Crippen molar-refractivity contribution < 1.29 is 4.79 Å². The number of likely N-dealkylation sites (tertiary alicyclic amines) is 1. The molecule has 1 saturated carbocycles. The van der Waals surface area contributed by atoms with Gasteiger partial charge in [-0.25, -0.2) is 0 Å². The maximum Gasteiger partial charge on any atom is 0.227 e. The highest BCUT2D eigenvalue weighted by Crippen LogP contribution is 2.35. The van der Waals surface area contributed by atoms with Gasteiger partial charge in [0, 0.05) is 19.1 Å². The quantitative estimate of drug-likeness (QED) is 0.909. The average molecular weight is 295 g/mol. The normalized spacial score (nSPS) is 28.6. The Labute approximate surface area is 126 Å². The van der Waals surface area contributed by atoms with Gasteiger partial charge >= 0.3 is 0 Å². The fraction of sp³-hybridized carbons (Fsp3) is 0.562. The van der Waals surface area contributed by atoms with E-state index in [2.05, 4.69) is 0 Å². The second-order valence-electron chi connectivity index (χ2n) is 5.98. The molecule has 2 aliphatic rings. The first kappa shape index (κ1) is 15.3. The van der Waals surface area contributed by atoms with Crippen molar-refractivity contribution in [3.63, 3.8) is 0 Å². The van der Waals surface area contributed by atoms with Gasteiger partial charge in [0.1, 0.15) is 0 Å². The first-order valence-corrected chi connectivity index (χ1v) is 7.31. The summed E-state index contributed by atoms with van der Waals surface area (Å²) in [6.07, 6.45) is 4.12. The molecule has 0 bridgehead atoms. The van der Waals surface area contributed by atoms with E-state index in [1.54, 1.807) is 0 Å². The molecule has 2 N–H and O–H groups in total. The van der Waals surface area contributed by atoms with E-state index in [1.807, 2.05) is 35.2 Å². The zero-order valence-electron chi connectivity index (χ0n) is 11.7. The van der Waals surface area contributed by atoms with E-state index in [0.29, 0.717) is 24.3 Å². The third-order valence-corrected chi connectivity index (χ3v) is 4.70. The maximum atomic E-state index is 12.3. The van der Waals surface area contributed by atoms with Crippen molar-refractivity contribution in [1.82, 2.24) is 4.90 Å². The van der Waals surface area contributed by atoms with Crippen molar-refractivity contribution in [1.29, 1.82) is 0 Å². The van der Waals surface area contributed by atoms with Crippen LogP contribution in [0.15, 0.2) is 30.3 Å². The van der Waals surface area contributed by atoms with E-state index in [0.717, 1.165) is 25.1 Å². The highest BCUT2D eigenvalue weighted by Gasteiger charge is 2.40. The van der Waals surface area contributed by atoms with Crippen LogP contribution >= 0.6 is 12.4 Å². The van der Waals surface area contributed by atoms with Crippen LogP contribution in [-0.4, -0.2) is 29.9 Å². The molecule has 1 aliphatic heterocycles. The van der Waals surface area contributed by atoms with Crippen molar-refractivity contribution >= 4 is 18.3 Å². The highest BCUT2D eigenvalue weighted by molar-refractivity contribution is 5.85. The lowest BCUT2D eigenvalue weighted by atomic mass is 9.78. The van der Waals surface area contributed by atoms with Gasteiger partial charge in [-0.15, -0.1) is 12.4 Å². The Morgan fingerprint density at radius 2 is 1.95 bits per heavy atom. The molecule has 1 heterocycles. The molecular formula is C16H23ClN2O. The smallest absolute Gasteiger partial charge is 0.227 e. The van der Waals surface area contributed by atoms with Crippen molar-refractivity contribution in [3.05, 3.63) is 35.9 Å². The predicted octanol–water partition coefficient (Wildman–Crippen LogP) is 2.24. The zero-order valence-corrected chi connectivity index (χ0v) is 12.5. The zero-order chi connectivity index (χ0) is 13.2. The number of hydrogen-bond acceptors (Lipinski definition) is 2. The van der Waals surface area contributed by atoms with Crippen molar-refractivity contribution in [2.45, 2.75) is 31.7 Å². The van der Waals surface area contributed by atoms with Crippen molar-refractivity contribution in [2.24, 2.45) is 17.6 Å². The van der Waals surface area contributed by atoms with Crippen LogP contribution in [0.3, 0.4) is 0 Å². The van der Waals surface area contributed by atoms with Gasteiger partial charge in [0.25, 0.3) is 0 Å². The van der Waals surface area contributed by atoms with Crippen molar-refractivity contribution in [3.8, 4) is 0 Å². The fourth-order valence-corrected chi connectivity index (χ4v) is 3.60. The fourth-order valence-electron chi connectivity index (χ4n) is 3.60. The number of hydrogen-bond donors (Lipinski definition) is 1. The molecule has 3 nitrogen and oxygen atoms in total. The summed E-state index contributed by atoms with van der Waals surface area (Å²) in [5, 5.41) is 0. The minimum Gasteiger partial charge on any atom is -0.342 e. The molecule has 1 aromatic rings. The van der Waals surface area contributed by atoms with Crippen LogP contribution in [0.25, 0.3) is 0 Å². The molecular weight excluding hydrogens is 272 g/mol. The molecule has 0 aromatic heterocycles.